The second-order valence-corrected chi connectivity index (χ2v) is 4.23. The maximum Gasteiger partial charge on any atom is 0.226 e. The van der Waals surface area contributed by atoms with Crippen LogP contribution in [-0.2, 0) is 9.53 Å². The molecule has 0 aliphatic carbocycles. The van der Waals surface area contributed by atoms with Crippen LogP contribution in [-0.4, -0.2) is 24.2 Å². The Hall–Kier alpha value is -1.01. The zero-order chi connectivity index (χ0) is 10.8. The Morgan fingerprint density at radius 2 is 2.29 bits per heavy atom. The van der Waals surface area contributed by atoms with Crippen molar-refractivity contribution >= 4 is 5.91 Å². The van der Waals surface area contributed by atoms with E-state index in [9.17, 15) is 4.79 Å². The van der Waals surface area contributed by atoms with Gasteiger partial charge in [0.05, 0.1) is 17.6 Å². The summed E-state index contributed by atoms with van der Waals surface area (Å²) < 4.78 is 5.32. The van der Waals surface area contributed by atoms with Gasteiger partial charge in [-0.3, -0.25) is 4.79 Å². The van der Waals surface area contributed by atoms with E-state index in [4.69, 9.17) is 11.2 Å². The van der Waals surface area contributed by atoms with Crippen molar-refractivity contribution in [3.05, 3.63) is 0 Å². The predicted molar refractivity (Wildman–Crippen MR) is 54.6 cm³/mol. The van der Waals surface area contributed by atoms with Gasteiger partial charge in [-0.1, -0.05) is 5.92 Å². The average molecular weight is 195 g/mol. The van der Waals surface area contributed by atoms with E-state index >= 15 is 0 Å². The van der Waals surface area contributed by atoms with Gasteiger partial charge in [-0.15, -0.1) is 6.42 Å². The fourth-order valence-electron chi connectivity index (χ4n) is 1.51. The molecule has 2 unspecified atom stereocenters. The summed E-state index contributed by atoms with van der Waals surface area (Å²) >= 11 is 0. The van der Waals surface area contributed by atoms with Crippen LogP contribution in [0.25, 0.3) is 0 Å². The van der Waals surface area contributed by atoms with Crippen molar-refractivity contribution in [2.45, 2.75) is 38.8 Å². The lowest BCUT2D eigenvalue weighted by atomic mass is 9.99. The number of nitrogens with one attached hydrogen (secondary N) is 1. The quantitative estimate of drug-likeness (QED) is 0.666. The maximum absolute atomic E-state index is 11.7. The van der Waals surface area contributed by atoms with Crippen LogP contribution in [0, 0.1) is 18.3 Å². The molecule has 1 aliphatic heterocycles. The van der Waals surface area contributed by atoms with E-state index in [0.29, 0.717) is 6.61 Å². The smallest absolute Gasteiger partial charge is 0.226 e. The molecule has 0 saturated carbocycles. The van der Waals surface area contributed by atoms with Gasteiger partial charge in [0.2, 0.25) is 5.91 Å². The molecule has 0 bridgehead atoms. The number of hydrogen-bond acceptors (Lipinski definition) is 2. The SMILES string of the molecule is C#CC(C)(C)NC(=O)C1CCOC1C. The average Bonchev–Trinajstić information content (AvgIpc) is 2.51. The fraction of sp³-hybridized carbons (Fsp3) is 0.727. The summed E-state index contributed by atoms with van der Waals surface area (Å²) in [6.07, 6.45) is 6.08. The number of terminal acetylenes is 1. The molecule has 0 aromatic carbocycles. The molecule has 1 heterocycles. The second kappa shape index (κ2) is 4.02. The number of rotatable bonds is 2. The van der Waals surface area contributed by atoms with Crippen LogP contribution in [0.1, 0.15) is 27.2 Å². The number of carbonyl (C=O) groups is 1. The molecule has 78 valence electrons. The molecule has 3 heteroatoms. The fourth-order valence-corrected chi connectivity index (χ4v) is 1.51. The van der Waals surface area contributed by atoms with Crippen molar-refractivity contribution in [2.24, 2.45) is 5.92 Å². The third-order valence-corrected chi connectivity index (χ3v) is 2.51. The van der Waals surface area contributed by atoms with Crippen molar-refractivity contribution in [3.8, 4) is 12.3 Å². The molecule has 14 heavy (non-hydrogen) atoms. The van der Waals surface area contributed by atoms with E-state index in [0.717, 1.165) is 6.42 Å². The summed E-state index contributed by atoms with van der Waals surface area (Å²) in [5, 5.41) is 2.82. The van der Waals surface area contributed by atoms with Crippen molar-refractivity contribution in [2.75, 3.05) is 6.61 Å². The van der Waals surface area contributed by atoms with Crippen LogP contribution < -0.4 is 5.32 Å². The number of hydrogen-bond donors (Lipinski definition) is 1. The predicted octanol–water partition coefficient (Wildman–Crippen LogP) is 0.939. The first kappa shape index (κ1) is 11.1. The van der Waals surface area contributed by atoms with Gasteiger partial charge < -0.3 is 10.1 Å². The van der Waals surface area contributed by atoms with Gasteiger partial charge in [0.15, 0.2) is 0 Å². The first-order chi connectivity index (χ1) is 6.46. The molecule has 3 nitrogen and oxygen atoms in total. The van der Waals surface area contributed by atoms with E-state index in [1.807, 2.05) is 20.8 Å². The molecule has 1 saturated heterocycles. The lowest BCUT2D eigenvalue weighted by Gasteiger charge is -2.23. The van der Waals surface area contributed by atoms with Crippen LogP contribution in [0.15, 0.2) is 0 Å². The zero-order valence-corrected chi connectivity index (χ0v) is 8.96. The van der Waals surface area contributed by atoms with Gasteiger partial charge in [-0.05, 0) is 27.2 Å². The Morgan fingerprint density at radius 3 is 2.71 bits per heavy atom. The first-order valence-electron chi connectivity index (χ1n) is 4.87. The van der Waals surface area contributed by atoms with Gasteiger partial charge in [0.25, 0.3) is 0 Å². The molecule has 1 amide bonds. The van der Waals surface area contributed by atoms with Crippen molar-refractivity contribution < 1.29 is 9.53 Å². The van der Waals surface area contributed by atoms with Gasteiger partial charge in [-0.25, -0.2) is 0 Å². The minimum absolute atomic E-state index is 0.00190. The second-order valence-electron chi connectivity index (χ2n) is 4.23. The van der Waals surface area contributed by atoms with Gasteiger partial charge in [-0.2, -0.15) is 0 Å². The molecular weight excluding hydrogens is 178 g/mol. The summed E-state index contributed by atoms with van der Waals surface area (Å²) in [6.45, 7) is 6.20. The van der Waals surface area contributed by atoms with E-state index in [-0.39, 0.29) is 17.9 Å². The van der Waals surface area contributed by atoms with Crippen molar-refractivity contribution in [1.82, 2.24) is 5.32 Å². The molecule has 1 rings (SSSR count). The summed E-state index contributed by atoms with van der Waals surface area (Å²) in [7, 11) is 0. The Kier molecular flexibility index (Phi) is 3.17. The van der Waals surface area contributed by atoms with Gasteiger partial charge in [0.1, 0.15) is 0 Å². The Bertz CT molecular complexity index is 265. The molecule has 1 fully saturated rings. The number of ether oxygens (including phenoxy) is 1. The summed E-state index contributed by atoms with van der Waals surface area (Å²) in [5.74, 6) is 2.48. The molecule has 0 radical (unpaired) electrons. The lowest BCUT2D eigenvalue weighted by molar-refractivity contribution is -0.127. The number of carbonyl (C=O) groups excluding carboxylic acids is 1. The van der Waals surface area contributed by atoms with Gasteiger partial charge in [0, 0.05) is 6.61 Å². The summed E-state index contributed by atoms with van der Waals surface area (Å²) in [4.78, 5) is 11.7. The molecule has 0 spiro atoms. The normalized spacial score (nSPS) is 27.0. The molecule has 1 N–H and O–H groups in total. The standard InChI is InChI=1S/C11H17NO2/c1-5-11(3,4)12-10(13)9-6-7-14-8(9)2/h1,8-9H,6-7H2,2-4H3,(H,12,13). The van der Waals surface area contributed by atoms with Crippen LogP contribution in [0.3, 0.4) is 0 Å². The van der Waals surface area contributed by atoms with E-state index in [1.54, 1.807) is 0 Å². The largest absolute Gasteiger partial charge is 0.378 e. The first-order valence-corrected chi connectivity index (χ1v) is 4.87. The maximum atomic E-state index is 11.7. The third kappa shape index (κ3) is 2.49. The number of amides is 1. The van der Waals surface area contributed by atoms with Crippen molar-refractivity contribution in [1.29, 1.82) is 0 Å². The highest BCUT2D eigenvalue weighted by molar-refractivity contribution is 5.80. The molecule has 1 aliphatic rings. The van der Waals surface area contributed by atoms with Crippen LogP contribution in [0.2, 0.25) is 0 Å². The molecular formula is C11H17NO2. The summed E-state index contributed by atoms with van der Waals surface area (Å²) in [6, 6.07) is 0. The molecule has 0 aromatic rings. The monoisotopic (exact) mass is 195 g/mol. The Balaban J connectivity index is 2.55. The molecule has 0 aromatic heterocycles. The van der Waals surface area contributed by atoms with Crippen molar-refractivity contribution in [3.63, 3.8) is 0 Å². The topological polar surface area (TPSA) is 38.3 Å². The van der Waals surface area contributed by atoms with E-state index in [2.05, 4.69) is 11.2 Å². The Labute approximate surface area is 85.2 Å². The van der Waals surface area contributed by atoms with E-state index < -0.39 is 5.54 Å². The van der Waals surface area contributed by atoms with Crippen LogP contribution in [0.5, 0.6) is 0 Å². The summed E-state index contributed by atoms with van der Waals surface area (Å²) in [5.41, 5.74) is -0.570. The molecule has 2 atom stereocenters. The van der Waals surface area contributed by atoms with E-state index in [1.165, 1.54) is 0 Å². The van der Waals surface area contributed by atoms with Gasteiger partial charge >= 0.3 is 0 Å². The highest BCUT2D eigenvalue weighted by Crippen LogP contribution is 2.21. The Morgan fingerprint density at radius 1 is 1.64 bits per heavy atom. The minimum atomic E-state index is -0.570. The van der Waals surface area contributed by atoms with Crippen LogP contribution >= 0.6 is 0 Å². The third-order valence-electron chi connectivity index (χ3n) is 2.51. The van der Waals surface area contributed by atoms with Crippen LogP contribution in [0.4, 0.5) is 0 Å². The minimum Gasteiger partial charge on any atom is -0.378 e. The lowest BCUT2D eigenvalue weighted by Crippen LogP contribution is -2.46. The highest BCUT2D eigenvalue weighted by Gasteiger charge is 2.32. The highest BCUT2D eigenvalue weighted by atomic mass is 16.5. The zero-order valence-electron chi connectivity index (χ0n) is 8.96.